The topological polar surface area (TPSA) is 55.4 Å². The third kappa shape index (κ3) is 1.72. The summed E-state index contributed by atoms with van der Waals surface area (Å²) in [6.07, 6.45) is 0.737. The van der Waals surface area contributed by atoms with Crippen LogP contribution in [0.5, 0.6) is 0 Å². The van der Waals surface area contributed by atoms with Crippen molar-refractivity contribution < 1.29 is 14.3 Å². The number of hydrogen-bond acceptors (Lipinski definition) is 3. The van der Waals surface area contributed by atoms with Crippen molar-refractivity contribution >= 4 is 12.2 Å². The SMILES string of the molecule is COC(C)C1C(=O)NC1[C@@H](C)C=O. The van der Waals surface area contributed by atoms with Crippen LogP contribution in [0.25, 0.3) is 0 Å². The van der Waals surface area contributed by atoms with Crippen LogP contribution in [0.3, 0.4) is 0 Å². The molecule has 1 heterocycles. The highest BCUT2D eigenvalue weighted by atomic mass is 16.5. The van der Waals surface area contributed by atoms with E-state index in [2.05, 4.69) is 5.32 Å². The van der Waals surface area contributed by atoms with Crippen molar-refractivity contribution in [1.82, 2.24) is 5.32 Å². The van der Waals surface area contributed by atoms with E-state index < -0.39 is 0 Å². The lowest BCUT2D eigenvalue weighted by molar-refractivity contribution is -0.144. The molecular formula is C9H15NO3. The van der Waals surface area contributed by atoms with E-state index in [0.717, 1.165) is 6.29 Å². The van der Waals surface area contributed by atoms with Crippen LogP contribution in [-0.4, -0.2) is 31.4 Å². The van der Waals surface area contributed by atoms with Gasteiger partial charge < -0.3 is 14.8 Å². The summed E-state index contributed by atoms with van der Waals surface area (Å²) in [4.78, 5) is 21.7. The van der Waals surface area contributed by atoms with Crippen molar-refractivity contribution in [3.63, 3.8) is 0 Å². The van der Waals surface area contributed by atoms with Gasteiger partial charge in [-0.2, -0.15) is 0 Å². The standard InChI is InChI=1S/C9H15NO3/c1-5(4-11)8-7(6(2)13-3)9(12)10-8/h4-8H,1-3H3,(H,10,12)/t5-,6?,7?,8?/m0/s1. The Morgan fingerprint density at radius 2 is 2.15 bits per heavy atom. The summed E-state index contributed by atoms with van der Waals surface area (Å²) >= 11 is 0. The van der Waals surface area contributed by atoms with Gasteiger partial charge in [-0.1, -0.05) is 6.92 Å². The van der Waals surface area contributed by atoms with Crippen molar-refractivity contribution in [3.05, 3.63) is 0 Å². The molecule has 1 aliphatic heterocycles. The number of hydrogen-bond donors (Lipinski definition) is 1. The second-order valence-electron chi connectivity index (χ2n) is 3.50. The molecule has 0 aromatic carbocycles. The number of amides is 1. The Morgan fingerprint density at radius 3 is 2.54 bits per heavy atom. The summed E-state index contributed by atoms with van der Waals surface area (Å²) in [6, 6.07) is -0.0556. The van der Waals surface area contributed by atoms with Crippen LogP contribution in [-0.2, 0) is 14.3 Å². The molecule has 4 nitrogen and oxygen atoms in total. The predicted molar refractivity (Wildman–Crippen MR) is 47.1 cm³/mol. The van der Waals surface area contributed by atoms with E-state index in [1.54, 1.807) is 14.0 Å². The molecule has 74 valence electrons. The molecule has 1 amide bonds. The summed E-state index contributed by atoms with van der Waals surface area (Å²) in [5.41, 5.74) is 0. The van der Waals surface area contributed by atoms with Gasteiger partial charge in [-0.25, -0.2) is 0 Å². The average molecular weight is 185 g/mol. The molecule has 0 aromatic heterocycles. The van der Waals surface area contributed by atoms with Gasteiger partial charge in [-0.3, -0.25) is 4.79 Å². The minimum Gasteiger partial charge on any atom is -0.381 e. The molecule has 1 saturated heterocycles. The van der Waals surface area contributed by atoms with Crippen LogP contribution in [0.4, 0.5) is 0 Å². The lowest BCUT2D eigenvalue weighted by atomic mass is 9.79. The highest BCUT2D eigenvalue weighted by Gasteiger charge is 2.45. The maximum atomic E-state index is 11.2. The van der Waals surface area contributed by atoms with Crippen molar-refractivity contribution in [1.29, 1.82) is 0 Å². The number of β-lactam (4-membered cyclic amide) rings is 1. The molecule has 0 aliphatic carbocycles. The highest BCUT2D eigenvalue weighted by Crippen LogP contribution is 2.25. The van der Waals surface area contributed by atoms with Gasteiger partial charge in [0, 0.05) is 13.0 Å². The van der Waals surface area contributed by atoms with E-state index >= 15 is 0 Å². The molecule has 1 aliphatic rings. The zero-order valence-electron chi connectivity index (χ0n) is 8.11. The number of rotatable bonds is 4. The van der Waals surface area contributed by atoms with Crippen LogP contribution in [0.2, 0.25) is 0 Å². The molecule has 1 N–H and O–H groups in total. The first-order valence-electron chi connectivity index (χ1n) is 4.40. The smallest absolute Gasteiger partial charge is 0.228 e. The molecule has 0 aromatic rings. The third-order valence-corrected chi connectivity index (χ3v) is 2.66. The molecule has 1 fully saturated rings. The molecule has 4 heteroatoms. The van der Waals surface area contributed by atoms with Crippen LogP contribution >= 0.6 is 0 Å². The van der Waals surface area contributed by atoms with Gasteiger partial charge in [0.05, 0.1) is 18.1 Å². The zero-order valence-corrected chi connectivity index (χ0v) is 8.11. The van der Waals surface area contributed by atoms with Crippen LogP contribution in [0, 0.1) is 11.8 Å². The summed E-state index contributed by atoms with van der Waals surface area (Å²) in [7, 11) is 1.57. The largest absolute Gasteiger partial charge is 0.381 e. The molecule has 13 heavy (non-hydrogen) atoms. The van der Waals surface area contributed by atoms with Gasteiger partial charge in [0.1, 0.15) is 6.29 Å². The molecule has 0 spiro atoms. The van der Waals surface area contributed by atoms with Gasteiger partial charge in [-0.05, 0) is 6.92 Å². The highest BCUT2D eigenvalue weighted by molar-refractivity contribution is 5.87. The molecule has 0 radical (unpaired) electrons. The summed E-state index contributed by atoms with van der Waals surface area (Å²) in [6.45, 7) is 3.64. The maximum Gasteiger partial charge on any atom is 0.228 e. The number of carbonyl (C=O) groups excluding carboxylic acids is 2. The Hall–Kier alpha value is -0.900. The lowest BCUT2D eigenvalue weighted by Gasteiger charge is -2.41. The third-order valence-electron chi connectivity index (χ3n) is 2.66. The molecule has 1 rings (SSSR count). The first-order valence-corrected chi connectivity index (χ1v) is 4.40. The second kappa shape index (κ2) is 3.87. The van der Waals surface area contributed by atoms with Crippen molar-refractivity contribution in [2.24, 2.45) is 11.8 Å². The van der Waals surface area contributed by atoms with E-state index in [4.69, 9.17) is 4.74 Å². The van der Waals surface area contributed by atoms with E-state index in [9.17, 15) is 9.59 Å². The summed E-state index contributed by atoms with van der Waals surface area (Å²) in [5.74, 6) is -0.335. The number of nitrogens with one attached hydrogen (secondary N) is 1. The maximum absolute atomic E-state index is 11.2. The normalized spacial score (nSPS) is 31.5. The van der Waals surface area contributed by atoms with Gasteiger partial charge in [-0.15, -0.1) is 0 Å². The van der Waals surface area contributed by atoms with Gasteiger partial charge in [0.25, 0.3) is 0 Å². The quantitative estimate of drug-likeness (QED) is 0.494. The van der Waals surface area contributed by atoms with E-state index in [1.807, 2.05) is 6.92 Å². The van der Waals surface area contributed by atoms with Crippen LogP contribution in [0.15, 0.2) is 0 Å². The van der Waals surface area contributed by atoms with Gasteiger partial charge in [0.15, 0.2) is 0 Å². The molecular weight excluding hydrogens is 170 g/mol. The minimum absolute atomic E-state index is 0.0203. The second-order valence-corrected chi connectivity index (χ2v) is 3.50. The monoisotopic (exact) mass is 185 g/mol. The van der Waals surface area contributed by atoms with E-state index in [-0.39, 0.29) is 29.9 Å². The van der Waals surface area contributed by atoms with Crippen LogP contribution < -0.4 is 5.32 Å². The Labute approximate surface area is 77.6 Å². The fourth-order valence-corrected chi connectivity index (χ4v) is 1.61. The first kappa shape index (κ1) is 10.2. The number of aldehydes is 1. The minimum atomic E-state index is -0.176. The lowest BCUT2D eigenvalue weighted by Crippen LogP contribution is -2.64. The Morgan fingerprint density at radius 1 is 1.54 bits per heavy atom. The first-order chi connectivity index (χ1) is 6.11. The fraction of sp³-hybridized carbons (Fsp3) is 0.778. The predicted octanol–water partition coefficient (Wildman–Crippen LogP) is -0.0291. The van der Waals surface area contributed by atoms with Crippen molar-refractivity contribution in [3.8, 4) is 0 Å². The zero-order chi connectivity index (χ0) is 10.0. The molecule has 0 bridgehead atoms. The Kier molecular flexibility index (Phi) is 3.03. The molecule has 4 atom stereocenters. The Bertz CT molecular complexity index is 217. The van der Waals surface area contributed by atoms with E-state index in [0.29, 0.717) is 0 Å². The average Bonchev–Trinajstić information content (AvgIpc) is 2.12. The fourth-order valence-electron chi connectivity index (χ4n) is 1.61. The molecule has 3 unspecified atom stereocenters. The Balaban J connectivity index is 2.60. The van der Waals surface area contributed by atoms with Crippen molar-refractivity contribution in [2.75, 3.05) is 7.11 Å². The van der Waals surface area contributed by atoms with E-state index in [1.165, 1.54) is 0 Å². The summed E-state index contributed by atoms with van der Waals surface area (Å²) in [5, 5.41) is 2.71. The number of methoxy groups -OCH3 is 1. The van der Waals surface area contributed by atoms with Gasteiger partial charge in [0.2, 0.25) is 5.91 Å². The summed E-state index contributed by atoms with van der Waals surface area (Å²) < 4.78 is 5.07. The van der Waals surface area contributed by atoms with Gasteiger partial charge >= 0.3 is 0 Å². The van der Waals surface area contributed by atoms with Crippen molar-refractivity contribution in [2.45, 2.75) is 26.0 Å². The number of ether oxygens (including phenoxy) is 1. The van der Waals surface area contributed by atoms with Crippen LogP contribution in [0.1, 0.15) is 13.8 Å². The molecule has 0 saturated carbocycles. The number of carbonyl (C=O) groups is 2.